The second kappa shape index (κ2) is 5.02. The third-order valence-corrected chi connectivity index (χ3v) is 3.46. The molecule has 0 spiro atoms. The van der Waals surface area contributed by atoms with Crippen molar-refractivity contribution < 1.29 is 21.7 Å². The number of halogens is 2. The van der Waals surface area contributed by atoms with Crippen molar-refractivity contribution in [2.75, 3.05) is 0 Å². The summed E-state index contributed by atoms with van der Waals surface area (Å²) in [5.41, 5.74) is 0. The fourth-order valence-electron chi connectivity index (χ4n) is 2.97. The maximum absolute atomic E-state index is 2.44. The minimum atomic E-state index is 0. The standard InChI is InChI=1S/C10H12.2ClH.Ti/c1-2-9-7-4-5-8(6-7)10(9)3-1;;;/h1-2,4-5,7-10H,3,6H2;2*1H;. The molecule has 0 aliphatic heterocycles. The zero-order valence-corrected chi connectivity index (χ0v) is 10.5. The van der Waals surface area contributed by atoms with Gasteiger partial charge in [0.15, 0.2) is 0 Å². The Hall–Kier alpha value is 0.774. The predicted octanol–water partition coefficient (Wildman–Crippen LogP) is 3.23. The van der Waals surface area contributed by atoms with Crippen molar-refractivity contribution in [1.29, 1.82) is 0 Å². The van der Waals surface area contributed by atoms with Gasteiger partial charge in [0.2, 0.25) is 0 Å². The summed E-state index contributed by atoms with van der Waals surface area (Å²) < 4.78 is 0. The van der Waals surface area contributed by atoms with E-state index in [1.807, 2.05) is 0 Å². The quantitative estimate of drug-likeness (QED) is 0.459. The van der Waals surface area contributed by atoms with E-state index in [1.165, 1.54) is 12.8 Å². The molecule has 0 nitrogen and oxygen atoms in total. The van der Waals surface area contributed by atoms with E-state index < -0.39 is 0 Å². The van der Waals surface area contributed by atoms with Crippen LogP contribution >= 0.6 is 24.8 Å². The van der Waals surface area contributed by atoms with Crippen LogP contribution in [0.1, 0.15) is 12.8 Å². The second-order valence-corrected chi connectivity index (χ2v) is 3.85. The van der Waals surface area contributed by atoms with Gasteiger partial charge in [0.05, 0.1) is 0 Å². The van der Waals surface area contributed by atoms with Crippen LogP contribution in [0.25, 0.3) is 0 Å². The molecule has 0 heterocycles. The van der Waals surface area contributed by atoms with Crippen molar-refractivity contribution in [3.63, 3.8) is 0 Å². The van der Waals surface area contributed by atoms with Crippen molar-refractivity contribution >= 4 is 24.8 Å². The van der Waals surface area contributed by atoms with Gasteiger partial charge in [-0.15, -0.1) is 24.8 Å². The van der Waals surface area contributed by atoms with Crippen molar-refractivity contribution in [2.45, 2.75) is 12.8 Å². The molecule has 4 unspecified atom stereocenters. The molecule has 0 saturated heterocycles. The molecule has 72 valence electrons. The van der Waals surface area contributed by atoms with Crippen LogP contribution in [0.4, 0.5) is 0 Å². The number of hydrogen-bond acceptors (Lipinski definition) is 0. The molecule has 0 N–H and O–H groups in total. The largest absolute Gasteiger partial charge is 0.147 e. The molecular formula is C10H14Cl2Ti. The first kappa shape index (κ1) is 13.8. The molecule has 3 aliphatic rings. The molecule has 3 heteroatoms. The number of allylic oxidation sites excluding steroid dienone is 4. The van der Waals surface area contributed by atoms with Gasteiger partial charge < -0.3 is 0 Å². The van der Waals surface area contributed by atoms with Crippen LogP contribution in [-0.2, 0) is 21.7 Å². The molecule has 0 amide bonds. The Labute approximate surface area is 107 Å². The fourth-order valence-corrected chi connectivity index (χ4v) is 2.97. The van der Waals surface area contributed by atoms with E-state index >= 15 is 0 Å². The summed E-state index contributed by atoms with van der Waals surface area (Å²) >= 11 is 0. The minimum absolute atomic E-state index is 0. The van der Waals surface area contributed by atoms with Gasteiger partial charge in [0, 0.05) is 21.7 Å². The van der Waals surface area contributed by atoms with E-state index in [4.69, 9.17) is 0 Å². The van der Waals surface area contributed by atoms with Crippen LogP contribution in [0, 0.1) is 23.7 Å². The van der Waals surface area contributed by atoms with Crippen molar-refractivity contribution in [3.05, 3.63) is 24.3 Å². The van der Waals surface area contributed by atoms with Crippen molar-refractivity contribution in [2.24, 2.45) is 23.7 Å². The van der Waals surface area contributed by atoms with Gasteiger partial charge in [-0.25, -0.2) is 0 Å². The molecule has 0 aromatic heterocycles. The first-order valence-corrected chi connectivity index (χ1v) is 4.30. The topological polar surface area (TPSA) is 0 Å². The Balaban J connectivity index is 0.000000480. The van der Waals surface area contributed by atoms with Crippen LogP contribution in [0.5, 0.6) is 0 Å². The third-order valence-electron chi connectivity index (χ3n) is 3.46. The van der Waals surface area contributed by atoms with Crippen LogP contribution in [0.2, 0.25) is 0 Å². The maximum atomic E-state index is 2.44. The minimum Gasteiger partial charge on any atom is -0.147 e. The van der Waals surface area contributed by atoms with Gasteiger partial charge in [-0.05, 0) is 36.5 Å². The van der Waals surface area contributed by atoms with Gasteiger partial charge in [-0.3, -0.25) is 0 Å². The normalized spacial score (nSPS) is 41.8. The summed E-state index contributed by atoms with van der Waals surface area (Å²) in [7, 11) is 0. The third kappa shape index (κ3) is 1.92. The average molecular weight is 253 g/mol. The predicted molar refractivity (Wildman–Crippen MR) is 56.0 cm³/mol. The van der Waals surface area contributed by atoms with Crippen LogP contribution < -0.4 is 0 Å². The first-order chi connectivity index (χ1) is 4.95. The SMILES string of the molecule is C1=CC2C3C=CC(C3)C2C1.Cl.Cl.[Ti]. The van der Waals surface area contributed by atoms with Crippen molar-refractivity contribution in [3.8, 4) is 0 Å². The smallest absolute Gasteiger partial charge is 0 e. The molecule has 2 bridgehead atoms. The average Bonchev–Trinajstić information content (AvgIpc) is 2.60. The molecular weight excluding hydrogens is 239 g/mol. The van der Waals surface area contributed by atoms with Gasteiger partial charge in [0.25, 0.3) is 0 Å². The van der Waals surface area contributed by atoms with Gasteiger partial charge in [0.1, 0.15) is 0 Å². The van der Waals surface area contributed by atoms with Gasteiger partial charge in [-0.2, -0.15) is 0 Å². The molecule has 1 saturated carbocycles. The summed E-state index contributed by atoms with van der Waals surface area (Å²) in [6, 6.07) is 0. The molecule has 3 aliphatic carbocycles. The molecule has 1 fully saturated rings. The molecule has 0 aromatic carbocycles. The summed E-state index contributed by atoms with van der Waals surface area (Å²) in [5, 5.41) is 0. The second-order valence-electron chi connectivity index (χ2n) is 3.85. The Morgan fingerprint density at radius 3 is 2.31 bits per heavy atom. The fraction of sp³-hybridized carbons (Fsp3) is 0.600. The summed E-state index contributed by atoms with van der Waals surface area (Å²) in [4.78, 5) is 0. The van der Waals surface area contributed by atoms with E-state index in [0.717, 1.165) is 23.7 Å². The zero-order valence-electron chi connectivity index (χ0n) is 7.35. The van der Waals surface area contributed by atoms with E-state index in [9.17, 15) is 0 Å². The molecule has 0 radical (unpaired) electrons. The number of hydrogen-bond donors (Lipinski definition) is 0. The van der Waals surface area contributed by atoms with E-state index in [-0.39, 0.29) is 46.5 Å². The van der Waals surface area contributed by atoms with Crippen LogP contribution in [-0.4, -0.2) is 0 Å². The van der Waals surface area contributed by atoms with E-state index in [0.29, 0.717) is 0 Å². The molecule has 4 atom stereocenters. The van der Waals surface area contributed by atoms with Crippen LogP contribution in [0.3, 0.4) is 0 Å². The Kier molecular flexibility index (Phi) is 5.32. The number of rotatable bonds is 0. The Morgan fingerprint density at radius 2 is 1.62 bits per heavy atom. The first-order valence-electron chi connectivity index (χ1n) is 4.30. The summed E-state index contributed by atoms with van der Waals surface area (Å²) in [6.45, 7) is 0. The number of fused-ring (bicyclic) bond motifs is 5. The van der Waals surface area contributed by atoms with Crippen molar-refractivity contribution in [1.82, 2.24) is 0 Å². The van der Waals surface area contributed by atoms with Crippen LogP contribution in [0.15, 0.2) is 24.3 Å². The Bertz CT molecular complexity index is 225. The zero-order chi connectivity index (χ0) is 6.55. The molecule has 13 heavy (non-hydrogen) atoms. The van der Waals surface area contributed by atoms with E-state index in [2.05, 4.69) is 24.3 Å². The monoisotopic (exact) mass is 252 g/mol. The van der Waals surface area contributed by atoms with Gasteiger partial charge in [-0.1, -0.05) is 24.3 Å². The molecule has 0 aromatic rings. The summed E-state index contributed by atoms with van der Waals surface area (Å²) in [5.74, 6) is 3.82. The molecule has 3 rings (SSSR count). The van der Waals surface area contributed by atoms with Gasteiger partial charge >= 0.3 is 0 Å². The summed E-state index contributed by atoms with van der Waals surface area (Å²) in [6.07, 6.45) is 12.5. The maximum Gasteiger partial charge on any atom is 0 e. The van der Waals surface area contributed by atoms with E-state index in [1.54, 1.807) is 0 Å². The Morgan fingerprint density at radius 1 is 0.923 bits per heavy atom.